The molecule has 50 heavy (non-hydrogen) atoms. The summed E-state index contributed by atoms with van der Waals surface area (Å²) < 4.78 is 106. The van der Waals surface area contributed by atoms with Crippen molar-refractivity contribution in [2.45, 2.75) is 110 Å². The summed E-state index contributed by atoms with van der Waals surface area (Å²) in [5.41, 5.74) is -0.342. The van der Waals surface area contributed by atoms with Crippen molar-refractivity contribution in [3.8, 4) is 28.4 Å². The fourth-order valence-corrected chi connectivity index (χ4v) is 7.65. The van der Waals surface area contributed by atoms with Gasteiger partial charge in [-0.2, -0.15) is 13.2 Å². The van der Waals surface area contributed by atoms with E-state index >= 15 is 8.78 Å². The molecule has 0 saturated heterocycles. The van der Waals surface area contributed by atoms with Gasteiger partial charge in [-0.25, -0.2) is 13.2 Å². The number of unbranched alkanes of at least 4 members (excludes halogenated alkanes) is 4. The van der Waals surface area contributed by atoms with Gasteiger partial charge in [-0.3, -0.25) is 0 Å². The molecule has 0 aliphatic heterocycles. The molecule has 0 atom stereocenters. The normalized spacial score (nSPS) is 20.9. The Morgan fingerprint density at radius 2 is 0.960 bits per heavy atom. The summed E-state index contributed by atoms with van der Waals surface area (Å²) in [7, 11) is 0. The van der Waals surface area contributed by atoms with E-state index in [0.29, 0.717) is 30.4 Å². The Morgan fingerprint density at radius 3 is 1.52 bits per heavy atom. The zero-order chi connectivity index (χ0) is 35.6. The lowest BCUT2D eigenvalue weighted by Gasteiger charge is -2.38. The molecule has 0 spiro atoms. The fourth-order valence-electron chi connectivity index (χ4n) is 7.65. The summed E-state index contributed by atoms with van der Waals surface area (Å²) in [6.07, 6.45) is 12.7. The monoisotopic (exact) mass is 704 g/mol. The van der Waals surface area contributed by atoms with Crippen molar-refractivity contribution < 1.29 is 40.6 Å². The molecule has 3 nitrogen and oxygen atoms in total. The third kappa shape index (κ3) is 9.10. The van der Waals surface area contributed by atoms with Gasteiger partial charge in [-0.05, 0) is 124 Å². The van der Waals surface area contributed by atoms with Gasteiger partial charge in [0.05, 0.1) is 19.8 Å². The molecule has 0 bridgehead atoms. The van der Waals surface area contributed by atoms with Crippen LogP contribution in [0.15, 0.2) is 36.4 Å². The maximum Gasteiger partial charge on any atom is 0.201 e. The first kappa shape index (κ1) is 37.9. The van der Waals surface area contributed by atoms with E-state index in [2.05, 4.69) is 6.92 Å². The van der Waals surface area contributed by atoms with Gasteiger partial charge in [0.1, 0.15) is 0 Å². The number of ether oxygens (including phenoxy) is 3. The van der Waals surface area contributed by atoms with Gasteiger partial charge < -0.3 is 14.2 Å². The van der Waals surface area contributed by atoms with Gasteiger partial charge in [0.2, 0.25) is 17.5 Å². The second-order valence-electron chi connectivity index (χ2n) is 14.1. The predicted molar refractivity (Wildman–Crippen MR) is 184 cm³/mol. The quantitative estimate of drug-likeness (QED) is 0.110. The first-order valence-electron chi connectivity index (χ1n) is 18.6. The Hall–Kier alpha value is -3.36. The maximum atomic E-state index is 15.1. The van der Waals surface area contributed by atoms with Crippen molar-refractivity contribution >= 4 is 0 Å². The van der Waals surface area contributed by atoms with Crippen molar-refractivity contribution in [3.63, 3.8) is 0 Å². The number of benzene rings is 3. The molecule has 274 valence electrons. The van der Waals surface area contributed by atoms with Crippen molar-refractivity contribution in [3.05, 3.63) is 76.9 Å². The van der Waals surface area contributed by atoms with Crippen molar-refractivity contribution in [2.75, 3.05) is 19.8 Å². The molecular weight excluding hydrogens is 654 g/mol. The van der Waals surface area contributed by atoms with Crippen LogP contribution in [0.1, 0.15) is 115 Å². The summed E-state index contributed by atoms with van der Waals surface area (Å²) in [6.45, 7) is 4.91. The predicted octanol–water partition coefficient (Wildman–Crippen LogP) is 12.5. The van der Waals surface area contributed by atoms with Crippen LogP contribution in [0.3, 0.4) is 0 Å². The molecule has 2 fully saturated rings. The Kier molecular flexibility index (Phi) is 13.8. The van der Waals surface area contributed by atoms with Gasteiger partial charge in [0.15, 0.2) is 34.7 Å². The van der Waals surface area contributed by atoms with Gasteiger partial charge in [-0.1, -0.05) is 45.6 Å². The van der Waals surface area contributed by atoms with Gasteiger partial charge in [0, 0.05) is 11.1 Å². The van der Waals surface area contributed by atoms with Crippen molar-refractivity contribution in [1.82, 2.24) is 0 Å². The standard InChI is InChI=1S/C41H50F6O3/c1-3-5-7-8-24-49-34-21-18-31(37(43)40(34)46)32-19-22-35(41(47)38(32)44)50-25-26-9-11-27(12-10-26)28-13-15-29(16-14-28)30-17-20-33(39(45)36(30)42)48-23-6-4-2/h17-22,26-29H,3-16,23-25H2,1-2H3/t26-,27-,28-,29-. The molecule has 2 saturated carbocycles. The van der Waals surface area contributed by atoms with Crippen LogP contribution in [0.25, 0.3) is 11.1 Å². The molecule has 0 amide bonds. The number of halogens is 6. The Bertz CT molecular complexity index is 1550. The SMILES string of the molecule is CCCCCCOc1ccc(-c2ccc(OC[C@H]3CC[C@H]([C@H]4CC[C@H](c5ccc(OCCCC)c(F)c5F)CC4)CC3)c(F)c2F)c(F)c1F. The molecule has 5 rings (SSSR count). The van der Waals surface area contributed by atoms with Crippen LogP contribution in [0, 0.1) is 52.7 Å². The Balaban J connectivity index is 1.09. The highest BCUT2D eigenvalue weighted by Crippen LogP contribution is 2.45. The highest BCUT2D eigenvalue weighted by atomic mass is 19.2. The maximum absolute atomic E-state index is 15.1. The third-order valence-electron chi connectivity index (χ3n) is 10.7. The van der Waals surface area contributed by atoms with E-state index in [9.17, 15) is 17.6 Å². The topological polar surface area (TPSA) is 27.7 Å². The average Bonchev–Trinajstić information content (AvgIpc) is 3.13. The van der Waals surface area contributed by atoms with Gasteiger partial charge in [-0.15, -0.1) is 0 Å². The van der Waals surface area contributed by atoms with Gasteiger partial charge >= 0.3 is 0 Å². The van der Waals surface area contributed by atoms with Crippen molar-refractivity contribution in [1.29, 1.82) is 0 Å². The molecule has 9 heteroatoms. The van der Waals surface area contributed by atoms with Crippen LogP contribution in [-0.2, 0) is 0 Å². The first-order valence-corrected chi connectivity index (χ1v) is 18.6. The van der Waals surface area contributed by atoms with E-state index in [1.807, 2.05) is 6.92 Å². The van der Waals surface area contributed by atoms with Gasteiger partial charge in [0.25, 0.3) is 0 Å². The van der Waals surface area contributed by atoms with Crippen LogP contribution >= 0.6 is 0 Å². The van der Waals surface area contributed by atoms with Crippen LogP contribution in [0.2, 0.25) is 0 Å². The smallest absolute Gasteiger partial charge is 0.201 e. The second-order valence-corrected chi connectivity index (χ2v) is 14.1. The molecule has 0 unspecified atom stereocenters. The van der Waals surface area contributed by atoms with Crippen LogP contribution < -0.4 is 14.2 Å². The molecule has 0 N–H and O–H groups in total. The summed E-state index contributed by atoms with van der Waals surface area (Å²) in [5.74, 6) is -6.06. The van der Waals surface area contributed by atoms with E-state index in [0.717, 1.165) is 83.5 Å². The summed E-state index contributed by atoms with van der Waals surface area (Å²) in [5, 5.41) is 0. The first-order chi connectivity index (χ1) is 24.2. The third-order valence-corrected chi connectivity index (χ3v) is 10.7. The molecule has 0 aromatic heterocycles. The van der Waals surface area contributed by atoms with E-state index in [4.69, 9.17) is 14.2 Å². The van der Waals surface area contributed by atoms with Crippen LogP contribution in [0.4, 0.5) is 26.3 Å². The molecular formula is C41H50F6O3. The lowest BCUT2D eigenvalue weighted by atomic mass is 9.68. The van der Waals surface area contributed by atoms with E-state index in [1.54, 1.807) is 12.1 Å². The lowest BCUT2D eigenvalue weighted by molar-refractivity contribution is 0.129. The van der Waals surface area contributed by atoms with Crippen LogP contribution in [0.5, 0.6) is 17.2 Å². The molecule has 2 aliphatic carbocycles. The van der Waals surface area contributed by atoms with Crippen molar-refractivity contribution in [2.24, 2.45) is 17.8 Å². The molecule has 0 heterocycles. The molecule has 3 aromatic carbocycles. The second kappa shape index (κ2) is 18.2. The molecule has 2 aliphatic rings. The summed E-state index contributed by atoms with van der Waals surface area (Å²) in [6, 6.07) is 8.14. The summed E-state index contributed by atoms with van der Waals surface area (Å²) >= 11 is 0. The molecule has 0 radical (unpaired) electrons. The zero-order valence-corrected chi connectivity index (χ0v) is 29.3. The minimum atomic E-state index is -1.30. The number of rotatable bonds is 16. The minimum Gasteiger partial charge on any atom is -0.490 e. The zero-order valence-electron chi connectivity index (χ0n) is 29.3. The fraction of sp³-hybridized carbons (Fsp3) is 0.561. The van der Waals surface area contributed by atoms with E-state index in [1.165, 1.54) is 24.3 Å². The van der Waals surface area contributed by atoms with Crippen LogP contribution in [-0.4, -0.2) is 19.8 Å². The lowest BCUT2D eigenvalue weighted by Crippen LogP contribution is -2.27. The summed E-state index contributed by atoms with van der Waals surface area (Å²) in [4.78, 5) is 0. The highest BCUT2D eigenvalue weighted by molar-refractivity contribution is 5.67. The minimum absolute atomic E-state index is 0.00846. The Labute approximate surface area is 292 Å². The highest BCUT2D eigenvalue weighted by Gasteiger charge is 2.33. The largest absolute Gasteiger partial charge is 0.490 e. The van der Waals surface area contributed by atoms with E-state index in [-0.39, 0.29) is 42.3 Å². The number of hydrogen-bond acceptors (Lipinski definition) is 3. The number of hydrogen-bond donors (Lipinski definition) is 0. The molecule has 3 aromatic rings. The average molecular weight is 705 g/mol. The van der Waals surface area contributed by atoms with E-state index < -0.39 is 46.0 Å². The Morgan fingerprint density at radius 1 is 0.480 bits per heavy atom.